The Labute approximate surface area is 203 Å². The van der Waals surface area contributed by atoms with Gasteiger partial charge in [0.2, 0.25) is 15.2 Å². The zero-order chi connectivity index (χ0) is 25.0. The van der Waals surface area contributed by atoms with Crippen molar-refractivity contribution in [2.75, 3.05) is 24.6 Å². The van der Waals surface area contributed by atoms with Crippen molar-refractivity contribution >= 4 is 38.1 Å². The van der Waals surface area contributed by atoms with Crippen LogP contribution in [0.2, 0.25) is 0 Å². The molecule has 2 aromatic heterocycles. The number of halogens is 2. The second-order valence-corrected chi connectivity index (χ2v) is 11.5. The van der Waals surface area contributed by atoms with Crippen LogP contribution in [-0.2, 0) is 10.0 Å². The quantitative estimate of drug-likeness (QED) is 0.416. The molecule has 0 radical (unpaired) electrons. The Morgan fingerprint density at radius 1 is 1.37 bits per heavy atom. The van der Waals surface area contributed by atoms with Gasteiger partial charge in [0.15, 0.2) is 5.01 Å². The summed E-state index contributed by atoms with van der Waals surface area (Å²) >= 11 is 0.682. The number of imidazole rings is 1. The van der Waals surface area contributed by atoms with Gasteiger partial charge in [-0.25, -0.2) is 22.2 Å². The number of aliphatic hydroxyl groups excluding tert-OH is 1. The van der Waals surface area contributed by atoms with E-state index in [1.165, 1.54) is 23.0 Å². The van der Waals surface area contributed by atoms with Crippen LogP contribution in [0.1, 0.15) is 31.2 Å². The lowest BCUT2D eigenvalue weighted by molar-refractivity contribution is 0.150. The summed E-state index contributed by atoms with van der Waals surface area (Å²) in [6, 6.07) is 4.66. The lowest BCUT2D eigenvalue weighted by Gasteiger charge is -2.38. The highest BCUT2D eigenvalue weighted by molar-refractivity contribution is 7.89. The molecule has 3 aromatic rings. The minimum absolute atomic E-state index is 0.00140. The molecule has 2 atom stereocenters. The average molecular weight is 525 g/mol. The van der Waals surface area contributed by atoms with Crippen molar-refractivity contribution in [3.8, 4) is 11.2 Å². The Bertz CT molecular complexity index is 1410. The number of fused-ring (bicyclic) bond motifs is 1. The summed E-state index contributed by atoms with van der Waals surface area (Å²) < 4.78 is 56.7. The van der Waals surface area contributed by atoms with E-state index in [-0.39, 0.29) is 28.7 Å². The van der Waals surface area contributed by atoms with Gasteiger partial charge >= 0.3 is 0 Å². The maximum absolute atomic E-state index is 13.3. The highest BCUT2D eigenvalue weighted by Gasteiger charge is 2.47. The molecule has 1 aliphatic carbocycles. The van der Waals surface area contributed by atoms with Crippen LogP contribution in [0, 0.1) is 11.3 Å². The van der Waals surface area contributed by atoms with Crippen LogP contribution in [0.25, 0.3) is 16.2 Å². The maximum atomic E-state index is 13.3. The summed E-state index contributed by atoms with van der Waals surface area (Å²) in [5, 5.41) is 29.4. The summed E-state index contributed by atoms with van der Waals surface area (Å²) in [7, 11) is -4.10. The fourth-order valence-corrected chi connectivity index (χ4v) is 6.30. The number of nitrogens with zero attached hydrogens (tertiary/aromatic N) is 6. The molecule has 2 aliphatic rings. The van der Waals surface area contributed by atoms with Crippen LogP contribution in [0.4, 0.5) is 14.5 Å². The fraction of sp³-hybridized carbons (Fsp3) is 0.500. The molecule has 0 amide bonds. The molecule has 11 nitrogen and oxygen atoms in total. The molecule has 3 N–H and O–H groups in total. The monoisotopic (exact) mass is 524 g/mol. The van der Waals surface area contributed by atoms with E-state index in [4.69, 9.17) is 0 Å². The van der Waals surface area contributed by atoms with Crippen molar-refractivity contribution in [1.29, 1.82) is 5.26 Å². The number of nitrogens with one attached hydrogen (secondary N) is 2. The van der Waals surface area contributed by atoms with Crippen LogP contribution in [0.3, 0.4) is 0 Å². The van der Waals surface area contributed by atoms with Crippen LogP contribution in [-0.4, -0.2) is 70.6 Å². The number of nitriles is 1. The molecule has 186 valence electrons. The summed E-state index contributed by atoms with van der Waals surface area (Å²) in [5.41, 5.74) is 0.178. The number of piperazine rings is 1. The number of aromatic nitrogens is 4. The van der Waals surface area contributed by atoms with E-state index >= 15 is 0 Å². The molecule has 3 heterocycles. The van der Waals surface area contributed by atoms with Crippen molar-refractivity contribution in [3.05, 3.63) is 23.5 Å². The van der Waals surface area contributed by atoms with Crippen molar-refractivity contribution in [1.82, 2.24) is 29.8 Å². The van der Waals surface area contributed by atoms with Gasteiger partial charge < -0.3 is 15.3 Å². The molecular weight excluding hydrogens is 502 g/mol. The van der Waals surface area contributed by atoms with Gasteiger partial charge in [0.25, 0.3) is 6.43 Å². The molecule has 5 rings (SSSR count). The molecule has 1 saturated carbocycles. The zero-order valence-corrected chi connectivity index (χ0v) is 20.2. The zero-order valence-electron chi connectivity index (χ0n) is 18.5. The largest absolute Gasteiger partial charge is 0.395 e. The molecule has 1 saturated heterocycles. The SMILES string of the molecule is C[C@@H]1CN(c2cc(S(=O)(=O)NC3(C#N)CC3)cc3c2ncn3-c2nnc(C(F)F)s2)C[C@H](CO)N1. The number of hydrogen-bond donors (Lipinski definition) is 3. The smallest absolute Gasteiger partial charge is 0.291 e. The Hall–Kier alpha value is -2.77. The molecule has 0 spiro atoms. The first-order chi connectivity index (χ1) is 16.6. The molecule has 15 heteroatoms. The molecular formula is C20H22F2N8O3S2. The Morgan fingerprint density at radius 2 is 2.14 bits per heavy atom. The third-order valence-corrected chi connectivity index (χ3v) is 8.49. The summed E-state index contributed by atoms with van der Waals surface area (Å²) in [4.78, 5) is 6.29. The number of rotatable bonds is 7. The predicted molar refractivity (Wildman–Crippen MR) is 123 cm³/mol. The molecule has 2 fully saturated rings. The molecule has 35 heavy (non-hydrogen) atoms. The van der Waals surface area contributed by atoms with Crippen LogP contribution < -0.4 is 14.9 Å². The predicted octanol–water partition coefficient (Wildman–Crippen LogP) is 1.31. The van der Waals surface area contributed by atoms with Gasteiger partial charge in [0, 0.05) is 25.2 Å². The van der Waals surface area contributed by atoms with E-state index in [1.807, 2.05) is 17.9 Å². The number of benzene rings is 1. The van der Waals surface area contributed by atoms with Gasteiger partial charge in [-0.1, -0.05) is 11.3 Å². The van der Waals surface area contributed by atoms with E-state index in [0.717, 1.165) is 0 Å². The number of anilines is 1. The maximum Gasteiger partial charge on any atom is 0.291 e. The van der Waals surface area contributed by atoms with E-state index < -0.39 is 27.0 Å². The molecule has 1 aliphatic heterocycles. The minimum atomic E-state index is -4.10. The van der Waals surface area contributed by atoms with Crippen LogP contribution in [0.5, 0.6) is 0 Å². The van der Waals surface area contributed by atoms with Gasteiger partial charge in [-0.3, -0.25) is 4.57 Å². The van der Waals surface area contributed by atoms with Crippen LogP contribution in [0.15, 0.2) is 23.4 Å². The number of hydrogen-bond acceptors (Lipinski definition) is 10. The van der Waals surface area contributed by atoms with Gasteiger partial charge in [0.1, 0.15) is 17.4 Å². The van der Waals surface area contributed by atoms with Crippen molar-refractivity contribution in [2.45, 2.75) is 48.7 Å². The van der Waals surface area contributed by atoms with Crippen molar-refractivity contribution < 1.29 is 22.3 Å². The lowest BCUT2D eigenvalue weighted by atomic mass is 10.1. The highest BCUT2D eigenvalue weighted by Crippen LogP contribution is 2.38. The highest BCUT2D eigenvalue weighted by atomic mass is 32.2. The summed E-state index contributed by atoms with van der Waals surface area (Å²) in [6.07, 6.45) is -0.555. The topological polar surface area (TPSA) is 149 Å². The number of sulfonamides is 1. The number of alkyl halides is 2. The second kappa shape index (κ2) is 8.71. The minimum Gasteiger partial charge on any atom is -0.395 e. The van der Waals surface area contributed by atoms with E-state index in [1.54, 1.807) is 0 Å². The van der Waals surface area contributed by atoms with E-state index in [0.29, 0.717) is 54.0 Å². The second-order valence-electron chi connectivity index (χ2n) is 8.80. The first-order valence-electron chi connectivity index (χ1n) is 10.8. The molecule has 1 aromatic carbocycles. The van der Waals surface area contributed by atoms with Gasteiger partial charge in [-0.05, 0) is 31.9 Å². The normalized spacial score (nSPS) is 22.0. The Kier molecular flexibility index (Phi) is 5.96. The van der Waals surface area contributed by atoms with Gasteiger partial charge in [0.05, 0.1) is 28.8 Å². The first kappa shape index (κ1) is 23.9. The lowest BCUT2D eigenvalue weighted by Crippen LogP contribution is -2.57. The first-order valence-corrected chi connectivity index (χ1v) is 13.1. The third kappa shape index (κ3) is 4.47. The fourth-order valence-electron chi connectivity index (χ4n) is 4.20. The van der Waals surface area contributed by atoms with Crippen molar-refractivity contribution in [3.63, 3.8) is 0 Å². The van der Waals surface area contributed by atoms with Crippen LogP contribution >= 0.6 is 11.3 Å². The Morgan fingerprint density at radius 3 is 2.77 bits per heavy atom. The Balaban J connectivity index is 1.66. The van der Waals surface area contributed by atoms with E-state index in [2.05, 4.69) is 25.2 Å². The van der Waals surface area contributed by atoms with Gasteiger partial charge in [-0.15, -0.1) is 10.2 Å². The van der Waals surface area contributed by atoms with E-state index in [9.17, 15) is 27.6 Å². The number of aliphatic hydroxyl groups is 1. The molecule has 0 unspecified atom stereocenters. The summed E-state index contributed by atoms with van der Waals surface area (Å²) in [5.74, 6) is 0. The standard InChI is InChI=1S/C20H22F2N8O3S2/c1-11-6-29(7-12(8-31)25-11)14-4-13(35(32,33)28-20(9-23)2-3-20)5-15-16(14)24-10-30(15)19-27-26-18(34-19)17(21)22/h4-5,10-12,17,25,28,31H,2-3,6-8H2,1H3/t11-,12-/m1/s1. The van der Waals surface area contributed by atoms with Crippen molar-refractivity contribution in [2.24, 2.45) is 0 Å². The third-order valence-electron chi connectivity index (χ3n) is 6.05. The molecule has 0 bridgehead atoms. The average Bonchev–Trinajstić information content (AvgIpc) is 3.21. The van der Waals surface area contributed by atoms with Gasteiger partial charge in [-0.2, -0.15) is 9.98 Å². The summed E-state index contributed by atoms with van der Waals surface area (Å²) in [6.45, 7) is 2.76.